The molecule has 0 saturated carbocycles. The van der Waals surface area contributed by atoms with Crippen LogP contribution in [0.2, 0.25) is 0 Å². The van der Waals surface area contributed by atoms with E-state index in [0.29, 0.717) is 6.61 Å². The van der Waals surface area contributed by atoms with E-state index in [1.165, 1.54) is 5.56 Å². The number of anilines is 1. The molecule has 0 bridgehead atoms. The van der Waals surface area contributed by atoms with E-state index >= 15 is 0 Å². The van der Waals surface area contributed by atoms with Gasteiger partial charge in [-0.2, -0.15) is 0 Å². The van der Waals surface area contributed by atoms with Crippen molar-refractivity contribution in [2.75, 3.05) is 52.4 Å². The van der Waals surface area contributed by atoms with Gasteiger partial charge in [0.2, 0.25) is 0 Å². The minimum Gasteiger partial charge on any atom is -0.384 e. The van der Waals surface area contributed by atoms with Gasteiger partial charge in [0.1, 0.15) is 0 Å². The summed E-state index contributed by atoms with van der Waals surface area (Å²) in [5, 5.41) is 2.98. The van der Waals surface area contributed by atoms with Crippen LogP contribution in [0.15, 0.2) is 24.3 Å². The van der Waals surface area contributed by atoms with E-state index in [1.807, 2.05) is 18.2 Å². The third kappa shape index (κ3) is 5.39. The number of methoxy groups -OCH3 is 2. The summed E-state index contributed by atoms with van der Waals surface area (Å²) in [7, 11) is 3.41. The van der Waals surface area contributed by atoms with Crippen molar-refractivity contribution in [1.29, 1.82) is 0 Å². The Balaban J connectivity index is 2.13. The topological polar surface area (TPSA) is 50.8 Å². The van der Waals surface area contributed by atoms with Crippen LogP contribution in [0.5, 0.6) is 0 Å². The van der Waals surface area contributed by atoms with Crippen molar-refractivity contribution in [1.82, 2.24) is 4.90 Å². The molecular weight excluding hydrogens is 316 g/mol. The van der Waals surface area contributed by atoms with E-state index in [4.69, 9.17) is 9.47 Å². The van der Waals surface area contributed by atoms with Crippen LogP contribution in [0.3, 0.4) is 0 Å². The van der Waals surface area contributed by atoms with Gasteiger partial charge in [0, 0.05) is 50.7 Å². The lowest BCUT2D eigenvalue weighted by molar-refractivity contribution is -0.110. The first-order valence-electron chi connectivity index (χ1n) is 9.05. The van der Waals surface area contributed by atoms with E-state index < -0.39 is 0 Å². The number of ether oxygens (including phenoxy) is 2. The van der Waals surface area contributed by atoms with E-state index in [0.717, 1.165) is 62.3 Å². The van der Waals surface area contributed by atoms with Crippen LogP contribution in [0.1, 0.15) is 30.9 Å². The second-order valence-electron chi connectivity index (χ2n) is 6.28. The molecule has 5 heteroatoms. The molecule has 0 fully saturated rings. The Labute approximate surface area is 151 Å². The maximum atomic E-state index is 12.3. The maximum absolute atomic E-state index is 12.3. The average molecular weight is 346 g/mol. The summed E-state index contributed by atoms with van der Waals surface area (Å²) in [6.45, 7) is 6.52. The molecule has 0 saturated heterocycles. The van der Waals surface area contributed by atoms with Gasteiger partial charge in [-0.3, -0.25) is 4.79 Å². The number of fused-ring (bicyclic) bond motifs is 1. The van der Waals surface area contributed by atoms with Crippen molar-refractivity contribution < 1.29 is 14.3 Å². The number of amides is 1. The summed E-state index contributed by atoms with van der Waals surface area (Å²) in [4.78, 5) is 14.7. The fourth-order valence-corrected chi connectivity index (χ4v) is 3.20. The molecule has 25 heavy (non-hydrogen) atoms. The van der Waals surface area contributed by atoms with Crippen LogP contribution < -0.4 is 5.32 Å². The molecule has 2 rings (SSSR count). The average Bonchev–Trinajstić information content (AvgIpc) is 2.93. The molecule has 1 aromatic carbocycles. The molecule has 0 aromatic heterocycles. The number of hydrogen-bond acceptors (Lipinski definition) is 4. The van der Waals surface area contributed by atoms with Crippen LogP contribution in [-0.4, -0.2) is 57.9 Å². The normalized spacial score (nSPS) is 15.0. The van der Waals surface area contributed by atoms with Gasteiger partial charge in [-0.05, 0) is 37.4 Å². The highest BCUT2D eigenvalue weighted by Gasteiger charge is 2.26. The highest BCUT2D eigenvalue weighted by atomic mass is 16.5. The van der Waals surface area contributed by atoms with Crippen LogP contribution in [0.4, 0.5) is 5.69 Å². The lowest BCUT2D eigenvalue weighted by Crippen LogP contribution is -2.30. The van der Waals surface area contributed by atoms with Gasteiger partial charge in [0.05, 0.1) is 6.61 Å². The van der Waals surface area contributed by atoms with Crippen molar-refractivity contribution in [3.63, 3.8) is 0 Å². The Morgan fingerprint density at radius 3 is 2.64 bits per heavy atom. The van der Waals surface area contributed by atoms with Gasteiger partial charge in [-0.15, -0.1) is 0 Å². The quantitative estimate of drug-likeness (QED) is 0.494. The first-order valence-corrected chi connectivity index (χ1v) is 9.05. The van der Waals surface area contributed by atoms with E-state index in [1.54, 1.807) is 14.2 Å². The van der Waals surface area contributed by atoms with E-state index in [-0.39, 0.29) is 5.91 Å². The lowest BCUT2D eigenvalue weighted by Gasteiger charge is -2.21. The van der Waals surface area contributed by atoms with Crippen molar-refractivity contribution >= 4 is 17.2 Å². The number of carbonyl (C=O) groups excluding carboxylic acids is 1. The minimum atomic E-state index is -0.0108. The number of carbonyl (C=O) groups is 1. The molecule has 0 unspecified atom stereocenters. The van der Waals surface area contributed by atoms with E-state index in [9.17, 15) is 4.79 Å². The van der Waals surface area contributed by atoms with E-state index in [2.05, 4.69) is 23.2 Å². The Morgan fingerprint density at radius 2 is 1.92 bits per heavy atom. The Hall–Kier alpha value is -1.69. The zero-order valence-corrected chi connectivity index (χ0v) is 15.6. The molecule has 1 aromatic rings. The van der Waals surface area contributed by atoms with Gasteiger partial charge in [-0.25, -0.2) is 0 Å². The predicted molar refractivity (Wildman–Crippen MR) is 102 cm³/mol. The van der Waals surface area contributed by atoms with Crippen molar-refractivity contribution in [3.8, 4) is 0 Å². The van der Waals surface area contributed by atoms with Crippen LogP contribution in [-0.2, 0) is 20.7 Å². The fraction of sp³-hybridized carbons (Fsp3) is 0.550. The Morgan fingerprint density at radius 1 is 1.12 bits per heavy atom. The maximum Gasteiger partial charge on any atom is 0.256 e. The minimum absolute atomic E-state index is 0.0108. The molecule has 1 N–H and O–H groups in total. The van der Waals surface area contributed by atoms with Gasteiger partial charge in [0.25, 0.3) is 5.91 Å². The molecule has 1 aliphatic heterocycles. The molecule has 1 amide bonds. The second-order valence-corrected chi connectivity index (χ2v) is 6.28. The first-order chi connectivity index (χ1) is 12.2. The number of nitrogens with one attached hydrogen (secondary N) is 1. The Bertz CT molecular complexity index is 599. The number of rotatable bonds is 11. The largest absolute Gasteiger partial charge is 0.384 e. The SMILES string of the molecule is CCCN(CCOC)CCc1cccc2c1/C(=C\CCOC)C(=O)N2. The van der Waals surface area contributed by atoms with Crippen molar-refractivity contribution in [3.05, 3.63) is 35.4 Å². The van der Waals surface area contributed by atoms with Crippen LogP contribution in [0, 0.1) is 0 Å². The van der Waals surface area contributed by atoms with Gasteiger partial charge in [-0.1, -0.05) is 25.1 Å². The molecule has 1 heterocycles. The summed E-state index contributed by atoms with van der Waals surface area (Å²) in [6.07, 6.45) is 4.77. The zero-order valence-electron chi connectivity index (χ0n) is 15.6. The number of benzene rings is 1. The summed E-state index contributed by atoms with van der Waals surface area (Å²) < 4.78 is 10.3. The third-order valence-electron chi connectivity index (χ3n) is 4.43. The summed E-state index contributed by atoms with van der Waals surface area (Å²) in [5.41, 5.74) is 3.98. The molecule has 0 spiro atoms. The second kappa shape index (κ2) is 10.3. The molecule has 1 aliphatic rings. The standard InChI is InChI=1S/C20H30N2O3/c1-4-11-22(13-15-25-3)12-10-16-7-5-9-18-19(16)17(20(23)21-18)8-6-14-24-2/h5,7-9H,4,6,10-15H2,1-3H3,(H,21,23)/b17-8+. The summed E-state index contributed by atoms with van der Waals surface area (Å²) >= 11 is 0. The highest BCUT2D eigenvalue weighted by molar-refractivity contribution is 6.31. The first kappa shape index (κ1) is 19.6. The predicted octanol–water partition coefficient (Wildman–Crippen LogP) is 2.96. The lowest BCUT2D eigenvalue weighted by atomic mass is 9.97. The van der Waals surface area contributed by atoms with Crippen LogP contribution in [0.25, 0.3) is 5.57 Å². The van der Waals surface area contributed by atoms with Gasteiger partial charge >= 0.3 is 0 Å². The molecule has 0 aliphatic carbocycles. The van der Waals surface area contributed by atoms with Crippen LogP contribution >= 0.6 is 0 Å². The smallest absolute Gasteiger partial charge is 0.256 e. The monoisotopic (exact) mass is 346 g/mol. The Kier molecular flexibility index (Phi) is 8.12. The zero-order chi connectivity index (χ0) is 18.1. The summed E-state index contributed by atoms with van der Waals surface area (Å²) in [6, 6.07) is 6.12. The van der Waals surface area contributed by atoms with Gasteiger partial charge < -0.3 is 19.7 Å². The number of hydrogen-bond donors (Lipinski definition) is 1. The molecule has 138 valence electrons. The highest BCUT2D eigenvalue weighted by Crippen LogP contribution is 2.35. The fourth-order valence-electron chi connectivity index (χ4n) is 3.20. The van der Waals surface area contributed by atoms with Crippen molar-refractivity contribution in [2.45, 2.75) is 26.2 Å². The van der Waals surface area contributed by atoms with Crippen molar-refractivity contribution in [2.24, 2.45) is 0 Å². The number of nitrogens with zero attached hydrogens (tertiary/aromatic N) is 1. The third-order valence-corrected chi connectivity index (χ3v) is 4.43. The van der Waals surface area contributed by atoms with Gasteiger partial charge in [0.15, 0.2) is 0 Å². The summed E-state index contributed by atoms with van der Waals surface area (Å²) in [5.74, 6) is -0.0108. The molecule has 5 nitrogen and oxygen atoms in total. The molecule has 0 radical (unpaired) electrons. The molecule has 0 atom stereocenters. The molecular formula is C20H30N2O3.